The van der Waals surface area contributed by atoms with Gasteiger partial charge in [-0.05, 0) is 48.7 Å². The van der Waals surface area contributed by atoms with Gasteiger partial charge in [-0.1, -0.05) is 35.9 Å². The van der Waals surface area contributed by atoms with Crippen molar-refractivity contribution >= 4 is 23.3 Å². The minimum atomic E-state index is -0.189. The number of nitrogens with one attached hydrogen (secondary N) is 1. The minimum Gasteiger partial charge on any atom is -0.484 e. The third-order valence-electron chi connectivity index (χ3n) is 3.46. The van der Waals surface area contributed by atoms with Gasteiger partial charge in [0.05, 0.1) is 0 Å². The van der Waals surface area contributed by atoms with Crippen molar-refractivity contribution in [3.05, 3.63) is 64.7 Å². The van der Waals surface area contributed by atoms with Gasteiger partial charge in [0, 0.05) is 18.0 Å². The Labute approximate surface area is 146 Å². The summed E-state index contributed by atoms with van der Waals surface area (Å²) in [4.78, 5) is 22.8. The third kappa shape index (κ3) is 6.42. The SMILES string of the molecule is CC(=O)CCc1ccc(OCC(=O)NCc2ccc(Cl)cc2)cc1. The molecule has 5 heteroatoms. The number of ketones is 1. The van der Waals surface area contributed by atoms with Crippen molar-refractivity contribution in [2.75, 3.05) is 6.61 Å². The lowest BCUT2D eigenvalue weighted by atomic mass is 10.1. The number of Topliss-reactive ketones (excluding diaryl/α,β-unsaturated/α-hetero) is 1. The van der Waals surface area contributed by atoms with E-state index in [0.29, 0.717) is 23.7 Å². The van der Waals surface area contributed by atoms with E-state index in [-0.39, 0.29) is 18.3 Å². The van der Waals surface area contributed by atoms with E-state index in [2.05, 4.69) is 5.32 Å². The molecular weight excluding hydrogens is 326 g/mol. The Morgan fingerprint density at radius 2 is 1.62 bits per heavy atom. The van der Waals surface area contributed by atoms with Gasteiger partial charge in [0.1, 0.15) is 11.5 Å². The molecule has 0 fully saturated rings. The fraction of sp³-hybridized carbons (Fsp3) is 0.263. The van der Waals surface area contributed by atoms with Gasteiger partial charge in [-0.3, -0.25) is 4.79 Å². The molecule has 0 aromatic heterocycles. The zero-order chi connectivity index (χ0) is 17.4. The highest BCUT2D eigenvalue weighted by molar-refractivity contribution is 6.30. The molecule has 1 amide bonds. The number of benzene rings is 2. The van der Waals surface area contributed by atoms with Crippen LogP contribution in [0, 0.1) is 0 Å². The Hall–Kier alpha value is -2.33. The molecule has 2 rings (SSSR count). The van der Waals surface area contributed by atoms with Gasteiger partial charge in [-0.2, -0.15) is 0 Å². The lowest BCUT2D eigenvalue weighted by molar-refractivity contribution is -0.123. The molecule has 0 saturated carbocycles. The summed E-state index contributed by atoms with van der Waals surface area (Å²) < 4.78 is 5.46. The zero-order valence-electron chi connectivity index (χ0n) is 13.5. The lowest BCUT2D eigenvalue weighted by Crippen LogP contribution is -2.28. The van der Waals surface area contributed by atoms with Crippen molar-refractivity contribution in [3.63, 3.8) is 0 Å². The van der Waals surface area contributed by atoms with Crippen molar-refractivity contribution in [1.29, 1.82) is 0 Å². The number of carbonyl (C=O) groups excluding carboxylic acids is 2. The molecule has 0 radical (unpaired) electrons. The maximum absolute atomic E-state index is 11.8. The standard InChI is InChI=1S/C19H20ClNO3/c1-14(22)2-3-15-6-10-18(11-7-15)24-13-19(23)21-12-16-4-8-17(20)9-5-16/h4-11H,2-3,12-13H2,1H3,(H,21,23). The predicted molar refractivity (Wildman–Crippen MR) is 94.2 cm³/mol. The lowest BCUT2D eigenvalue weighted by Gasteiger charge is -2.08. The van der Waals surface area contributed by atoms with Crippen LogP contribution in [0.3, 0.4) is 0 Å². The summed E-state index contributed by atoms with van der Waals surface area (Å²) in [6.45, 7) is 1.98. The maximum Gasteiger partial charge on any atom is 0.258 e. The van der Waals surface area contributed by atoms with E-state index in [1.54, 1.807) is 19.1 Å². The first kappa shape index (κ1) is 18.0. The first-order chi connectivity index (χ1) is 11.5. The summed E-state index contributed by atoms with van der Waals surface area (Å²) in [5.41, 5.74) is 2.05. The Balaban J connectivity index is 1.73. The molecule has 24 heavy (non-hydrogen) atoms. The topological polar surface area (TPSA) is 55.4 Å². The van der Waals surface area contributed by atoms with Crippen LogP contribution >= 0.6 is 11.6 Å². The van der Waals surface area contributed by atoms with E-state index >= 15 is 0 Å². The van der Waals surface area contributed by atoms with Gasteiger partial charge < -0.3 is 14.8 Å². The van der Waals surface area contributed by atoms with Crippen molar-refractivity contribution in [1.82, 2.24) is 5.32 Å². The van der Waals surface area contributed by atoms with Crippen LogP contribution in [-0.2, 0) is 22.6 Å². The van der Waals surface area contributed by atoms with Crippen molar-refractivity contribution in [2.24, 2.45) is 0 Å². The van der Waals surface area contributed by atoms with Crippen LogP contribution in [0.15, 0.2) is 48.5 Å². The van der Waals surface area contributed by atoms with Crippen LogP contribution < -0.4 is 10.1 Å². The highest BCUT2D eigenvalue weighted by atomic mass is 35.5. The summed E-state index contributed by atoms with van der Waals surface area (Å²) in [5, 5.41) is 3.46. The second-order valence-electron chi connectivity index (χ2n) is 5.54. The summed E-state index contributed by atoms with van der Waals surface area (Å²) in [5.74, 6) is 0.613. The van der Waals surface area contributed by atoms with Gasteiger partial charge in [-0.15, -0.1) is 0 Å². The van der Waals surface area contributed by atoms with Crippen LogP contribution in [0.5, 0.6) is 5.75 Å². The predicted octanol–water partition coefficient (Wildman–Crippen LogP) is 3.56. The van der Waals surface area contributed by atoms with Crippen LogP contribution in [0.2, 0.25) is 5.02 Å². The molecule has 126 valence electrons. The second kappa shape index (κ2) is 9.08. The van der Waals surface area contributed by atoms with E-state index in [1.807, 2.05) is 36.4 Å². The fourth-order valence-corrected chi connectivity index (χ4v) is 2.20. The number of halogens is 1. The third-order valence-corrected chi connectivity index (χ3v) is 3.71. The quantitative estimate of drug-likeness (QED) is 0.796. The molecule has 0 bridgehead atoms. The Morgan fingerprint density at radius 3 is 2.25 bits per heavy atom. The number of aryl methyl sites for hydroxylation is 1. The van der Waals surface area contributed by atoms with Crippen LogP contribution in [0.25, 0.3) is 0 Å². The molecule has 4 nitrogen and oxygen atoms in total. The number of hydrogen-bond acceptors (Lipinski definition) is 3. The normalized spacial score (nSPS) is 10.2. The van der Waals surface area contributed by atoms with Crippen LogP contribution in [0.4, 0.5) is 0 Å². The van der Waals surface area contributed by atoms with Gasteiger partial charge in [0.15, 0.2) is 6.61 Å². The molecule has 0 heterocycles. The molecule has 0 aliphatic heterocycles. The number of carbonyl (C=O) groups is 2. The monoisotopic (exact) mass is 345 g/mol. The molecule has 0 unspecified atom stereocenters. The fourth-order valence-electron chi connectivity index (χ4n) is 2.08. The number of ether oxygens (including phenoxy) is 1. The van der Waals surface area contributed by atoms with Gasteiger partial charge >= 0.3 is 0 Å². The summed E-state index contributed by atoms with van der Waals surface area (Å²) in [7, 11) is 0. The molecule has 0 spiro atoms. The summed E-state index contributed by atoms with van der Waals surface area (Å²) in [6, 6.07) is 14.7. The smallest absolute Gasteiger partial charge is 0.258 e. The van der Waals surface area contributed by atoms with E-state index in [1.165, 1.54) is 0 Å². The highest BCUT2D eigenvalue weighted by Gasteiger charge is 2.04. The molecule has 0 saturated heterocycles. The van der Waals surface area contributed by atoms with Crippen LogP contribution in [-0.4, -0.2) is 18.3 Å². The number of amides is 1. The van der Waals surface area contributed by atoms with E-state index in [4.69, 9.17) is 16.3 Å². The van der Waals surface area contributed by atoms with Crippen LogP contribution in [0.1, 0.15) is 24.5 Å². The first-order valence-corrected chi connectivity index (χ1v) is 8.13. The van der Waals surface area contributed by atoms with Gasteiger partial charge in [-0.25, -0.2) is 0 Å². The van der Waals surface area contributed by atoms with E-state index in [9.17, 15) is 9.59 Å². The second-order valence-corrected chi connectivity index (χ2v) is 5.97. The number of hydrogen-bond donors (Lipinski definition) is 1. The molecule has 2 aromatic rings. The maximum atomic E-state index is 11.8. The molecule has 0 aliphatic carbocycles. The average Bonchev–Trinajstić information content (AvgIpc) is 2.58. The highest BCUT2D eigenvalue weighted by Crippen LogP contribution is 2.13. The first-order valence-electron chi connectivity index (χ1n) is 7.75. The molecular formula is C19H20ClNO3. The summed E-state index contributed by atoms with van der Waals surface area (Å²) in [6.07, 6.45) is 1.25. The minimum absolute atomic E-state index is 0.0413. The molecule has 1 N–H and O–H groups in total. The van der Waals surface area contributed by atoms with Crippen molar-refractivity contribution in [3.8, 4) is 5.75 Å². The van der Waals surface area contributed by atoms with E-state index < -0.39 is 0 Å². The largest absolute Gasteiger partial charge is 0.484 e. The summed E-state index contributed by atoms with van der Waals surface area (Å²) >= 11 is 5.81. The number of rotatable bonds is 8. The average molecular weight is 346 g/mol. The Kier molecular flexibility index (Phi) is 6.82. The van der Waals surface area contributed by atoms with Gasteiger partial charge in [0.25, 0.3) is 5.91 Å². The molecule has 0 atom stereocenters. The van der Waals surface area contributed by atoms with E-state index in [0.717, 1.165) is 17.5 Å². The zero-order valence-corrected chi connectivity index (χ0v) is 14.3. The Bertz CT molecular complexity index is 681. The van der Waals surface area contributed by atoms with Crippen molar-refractivity contribution in [2.45, 2.75) is 26.3 Å². The van der Waals surface area contributed by atoms with Gasteiger partial charge in [0.2, 0.25) is 0 Å². The molecule has 2 aromatic carbocycles. The molecule has 0 aliphatic rings. The van der Waals surface area contributed by atoms with Crippen molar-refractivity contribution < 1.29 is 14.3 Å². The Morgan fingerprint density at radius 1 is 1.00 bits per heavy atom.